The summed E-state index contributed by atoms with van der Waals surface area (Å²) in [4.78, 5) is 0. The molecule has 0 atom stereocenters. The molecule has 4 heteroatoms. The third-order valence-electron chi connectivity index (χ3n) is 2.26. The molecule has 0 spiro atoms. The highest BCUT2D eigenvalue weighted by Crippen LogP contribution is 2.28. The Bertz CT molecular complexity index is 462. The molecule has 0 aliphatic carbocycles. The Kier molecular flexibility index (Phi) is 2.88. The zero-order valence-electron chi connectivity index (χ0n) is 8.29. The van der Waals surface area contributed by atoms with Crippen molar-refractivity contribution in [2.45, 2.75) is 13.5 Å². The van der Waals surface area contributed by atoms with Crippen LogP contribution in [0.4, 0.5) is 0 Å². The number of nitrogens with one attached hydrogen (secondary N) is 1. The molecule has 15 heavy (non-hydrogen) atoms. The molecule has 0 aliphatic rings. The van der Waals surface area contributed by atoms with Gasteiger partial charge in [0.1, 0.15) is 5.69 Å². The molecule has 1 aromatic heterocycles. The third-order valence-corrected chi connectivity index (χ3v) is 3.11. The van der Waals surface area contributed by atoms with Gasteiger partial charge in [-0.1, -0.05) is 29.8 Å². The van der Waals surface area contributed by atoms with Gasteiger partial charge in [-0.2, -0.15) is 5.10 Å². The van der Waals surface area contributed by atoms with Crippen LogP contribution >= 0.6 is 15.9 Å². The second-order valence-corrected chi connectivity index (χ2v) is 4.18. The molecule has 2 N–H and O–H groups in total. The van der Waals surface area contributed by atoms with Crippen LogP contribution in [-0.2, 0) is 6.61 Å². The van der Waals surface area contributed by atoms with Crippen molar-refractivity contribution in [2.24, 2.45) is 0 Å². The lowest BCUT2D eigenvalue weighted by Gasteiger charge is -1.98. The van der Waals surface area contributed by atoms with Gasteiger partial charge in [0.05, 0.1) is 16.8 Å². The van der Waals surface area contributed by atoms with E-state index in [2.05, 4.69) is 26.1 Å². The van der Waals surface area contributed by atoms with Crippen molar-refractivity contribution in [2.75, 3.05) is 0 Å². The van der Waals surface area contributed by atoms with Crippen LogP contribution in [0.15, 0.2) is 28.7 Å². The van der Waals surface area contributed by atoms with E-state index in [4.69, 9.17) is 5.11 Å². The normalized spacial score (nSPS) is 10.6. The molecule has 0 bridgehead atoms. The van der Waals surface area contributed by atoms with Gasteiger partial charge in [-0.15, -0.1) is 0 Å². The predicted octanol–water partition coefficient (Wildman–Crippen LogP) is 2.64. The van der Waals surface area contributed by atoms with Crippen LogP contribution in [0.25, 0.3) is 11.3 Å². The van der Waals surface area contributed by atoms with Crippen molar-refractivity contribution in [1.29, 1.82) is 0 Å². The Balaban J connectivity index is 2.45. The van der Waals surface area contributed by atoms with E-state index in [1.54, 1.807) is 0 Å². The van der Waals surface area contributed by atoms with Crippen LogP contribution in [0.5, 0.6) is 0 Å². The van der Waals surface area contributed by atoms with E-state index >= 15 is 0 Å². The highest BCUT2D eigenvalue weighted by Gasteiger charge is 2.10. The van der Waals surface area contributed by atoms with E-state index in [1.165, 1.54) is 5.56 Å². The van der Waals surface area contributed by atoms with E-state index in [0.29, 0.717) is 5.69 Å². The number of aliphatic hydroxyl groups excluding tert-OH is 1. The first-order valence-corrected chi connectivity index (χ1v) is 5.42. The number of nitrogens with zero attached hydrogens (tertiary/aromatic N) is 1. The van der Waals surface area contributed by atoms with E-state index in [9.17, 15) is 0 Å². The summed E-state index contributed by atoms with van der Waals surface area (Å²) < 4.78 is 0.828. The van der Waals surface area contributed by atoms with Gasteiger partial charge < -0.3 is 5.11 Å². The monoisotopic (exact) mass is 266 g/mol. The van der Waals surface area contributed by atoms with Crippen molar-refractivity contribution in [3.8, 4) is 11.3 Å². The van der Waals surface area contributed by atoms with E-state index in [1.807, 2.05) is 31.2 Å². The minimum absolute atomic E-state index is 0.0422. The maximum atomic E-state index is 9.02. The lowest BCUT2D eigenvalue weighted by Crippen LogP contribution is -1.82. The highest BCUT2D eigenvalue weighted by atomic mass is 79.9. The Morgan fingerprint density at radius 2 is 2.00 bits per heavy atom. The molecule has 1 heterocycles. The van der Waals surface area contributed by atoms with Gasteiger partial charge in [-0.3, -0.25) is 5.10 Å². The summed E-state index contributed by atoms with van der Waals surface area (Å²) in [7, 11) is 0. The fourth-order valence-corrected chi connectivity index (χ4v) is 1.90. The number of halogens is 1. The molecule has 1 aromatic carbocycles. The second-order valence-electron chi connectivity index (χ2n) is 3.39. The van der Waals surface area contributed by atoms with E-state index in [0.717, 1.165) is 15.7 Å². The number of aryl methyl sites for hydroxylation is 1. The maximum absolute atomic E-state index is 9.02. The van der Waals surface area contributed by atoms with E-state index < -0.39 is 0 Å². The number of H-pyrrole nitrogens is 1. The Morgan fingerprint density at radius 1 is 1.33 bits per heavy atom. The van der Waals surface area contributed by atoms with Crippen LogP contribution in [0, 0.1) is 6.92 Å². The van der Waals surface area contributed by atoms with Crippen LogP contribution in [0.2, 0.25) is 0 Å². The van der Waals surface area contributed by atoms with Crippen LogP contribution in [0.1, 0.15) is 11.3 Å². The van der Waals surface area contributed by atoms with Gasteiger partial charge in [0, 0.05) is 5.56 Å². The summed E-state index contributed by atoms with van der Waals surface area (Å²) in [6.45, 7) is 2.00. The third kappa shape index (κ3) is 1.96. The molecule has 0 saturated carbocycles. The Morgan fingerprint density at radius 3 is 2.53 bits per heavy atom. The number of aromatic amines is 1. The molecule has 0 saturated heterocycles. The fraction of sp³-hybridized carbons (Fsp3) is 0.182. The first-order valence-electron chi connectivity index (χ1n) is 4.63. The van der Waals surface area contributed by atoms with Crippen LogP contribution < -0.4 is 0 Å². The summed E-state index contributed by atoms with van der Waals surface area (Å²) in [5, 5.41) is 16.0. The van der Waals surface area contributed by atoms with Crippen LogP contribution in [0.3, 0.4) is 0 Å². The molecule has 0 amide bonds. The molecular formula is C11H11BrN2O. The smallest absolute Gasteiger partial charge is 0.107 e. The fourth-order valence-electron chi connectivity index (χ4n) is 1.37. The number of aromatic nitrogens is 2. The molecule has 0 unspecified atom stereocenters. The van der Waals surface area contributed by atoms with Crippen molar-refractivity contribution < 1.29 is 5.11 Å². The minimum Gasteiger partial charge on any atom is -0.390 e. The minimum atomic E-state index is -0.0422. The maximum Gasteiger partial charge on any atom is 0.107 e. The van der Waals surface area contributed by atoms with Gasteiger partial charge >= 0.3 is 0 Å². The first-order chi connectivity index (χ1) is 7.22. The highest BCUT2D eigenvalue weighted by molar-refractivity contribution is 9.10. The SMILES string of the molecule is Cc1ccc(-c2n[nH]c(CO)c2Br)cc1. The summed E-state index contributed by atoms with van der Waals surface area (Å²) >= 11 is 3.41. The number of hydrogen-bond donors (Lipinski definition) is 2. The first kappa shape index (κ1) is 10.4. The van der Waals surface area contributed by atoms with Crippen molar-refractivity contribution in [3.63, 3.8) is 0 Å². The number of hydrogen-bond acceptors (Lipinski definition) is 2. The molecule has 0 aliphatic heterocycles. The van der Waals surface area contributed by atoms with Gasteiger partial charge in [0.25, 0.3) is 0 Å². The van der Waals surface area contributed by atoms with Crippen molar-refractivity contribution >= 4 is 15.9 Å². The molecule has 78 valence electrons. The molecule has 3 nitrogen and oxygen atoms in total. The molecule has 0 radical (unpaired) electrons. The predicted molar refractivity (Wildman–Crippen MR) is 62.4 cm³/mol. The standard InChI is InChI=1S/C11H11BrN2O/c1-7-2-4-8(5-3-7)11-10(12)9(6-15)13-14-11/h2-5,15H,6H2,1H3,(H,13,14). The molecule has 0 fully saturated rings. The van der Waals surface area contributed by atoms with Gasteiger partial charge in [-0.05, 0) is 22.9 Å². The van der Waals surface area contributed by atoms with Gasteiger partial charge in [0.2, 0.25) is 0 Å². The average molecular weight is 267 g/mol. The largest absolute Gasteiger partial charge is 0.390 e. The second kappa shape index (κ2) is 4.16. The topological polar surface area (TPSA) is 48.9 Å². The summed E-state index contributed by atoms with van der Waals surface area (Å²) in [6.07, 6.45) is 0. The van der Waals surface area contributed by atoms with Gasteiger partial charge in [-0.25, -0.2) is 0 Å². The number of rotatable bonds is 2. The quantitative estimate of drug-likeness (QED) is 0.878. The number of benzene rings is 1. The summed E-state index contributed by atoms with van der Waals surface area (Å²) in [5.74, 6) is 0. The van der Waals surface area contributed by atoms with Crippen molar-refractivity contribution in [3.05, 3.63) is 40.0 Å². The Labute approximate surface area is 96.3 Å². The molecular weight excluding hydrogens is 256 g/mol. The lowest BCUT2D eigenvalue weighted by molar-refractivity contribution is 0.276. The molecule has 2 aromatic rings. The van der Waals surface area contributed by atoms with Gasteiger partial charge in [0.15, 0.2) is 0 Å². The van der Waals surface area contributed by atoms with Crippen molar-refractivity contribution in [1.82, 2.24) is 10.2 Å². The average Bonchev–Trinajstić information content (AvgIpc) is 2.61. The zero-order valence-corrected chi connectivity index (χ0v) is 9.87. The summed E-state index contributed by atoms with van der Waals surface area (Å²) in [5.41, 5.74) is 3.78. The zero-order chi connectivity index (χ0) is 10.8. The number of aliphatic hydroxyl groups is 1. The van der Waals surface area contributed by atoms with Crippen LogP contribution in [-0.4, -0.2) is 15.3 Å². The Hall–Kier alpha value is -1.13. The lowest BCUT2D eigenvalue weighted by atomic mass is 10.1. The van der Waals surface area contributed by atoms with E-state index in [-0.39, 0.29) is 6.61 Å². The summed E-state index contributed by atoms with van der Waals surface area (Å²) in [6, 6.07) is 8.10. The molecule has 2 rings (SSSR count).